The molecule has 39 heavy (non-hydrogen) atoms. The molecule has 1 amide bonds. The quantitative estimate of drug-likeness (QED) is 0.252. The topological polar surface area (TPSA) is 74.6 Å². The number of hydrogen-bond acceptors (Lipinski definition) is 6. The Morgan fingerprint density at radius 2 is 1.41 bits per heavy atom. The van der Waals surface area contributed by atoms with Crippen LogP contribution in [-0.2, 0) is 4.79 Å². The van der Waals surface area contributed by atoms with E-state index >= 15 is 0 Å². The van der Waals surface area contributed by atoms with Gasteiger partial charge in [-0.05, 0) is 78.7 Å². The first kappa shape index (κ1) is 26.3. The van der Waals surface area contributed by atoms with E-state index in [4.69, 9.17) is 28.2 Å². The van der Waals surface area contributed by atoms with Gasteiger partial charge in [0.25, 0.3) is 11.9 Å². The molecule has 5 rings (SSSR count). The number of carbonyl (C=O) groups excluding carboxylic acids is 1. The lowest BCUT2D eigenvalue weighted by atomic mass is 10.1. The zero-order chi connectivity index (χ0) is 27.5. The summed E-state index contributed by atoms with van der Waals surface area (Å²) in [6.07, 6.45) is 5.52. The number of amidine groups is 1. The van der Waals surface area contributed by atoms with E-state index in [1.165, 1.54) is 4.90 Å². The first-order chi connectivity index (χ1) is 18.8. The van der Waals surface area contributed by atoms with Crippen LogP contribution in [0.4, 0.5) is 11.6 Å². The van der Waals surface area contributed by atoms with Gasteiger partial charge in [-0.3, -0.25) is 4.79 Å². The van der Waals surface area contributed by atoms with E-state index in [1.807, 2.05) is 74.5 Å². The lowest BCUT2D eigenvalue weighted by Crippen LogP contribution is -2.34. The van der Waals surface area contributed by atoms with E-state index in [1.54, 1.807) is 42.5 Å². The fourth-order valence-electron chi connectivity index (χ4n) is 3.90. The normalized spacial score (nSPS) is 14.4. The fourth-order valence-corrected chi connectivity index (χ4v) is 4.16. The minimum atomic E-state index is -0.366. The number of aromatic nitrogens is 3. The van der Waals surface area contributed by atoms with Gasteiger partial charge in [0.1, 0.15) is 5.70 Å². The highest BCUT2D eigenvalue weighted by Gasteiger charge is 2.35. The summed E-state index contributed by atoms with van der Waals surface area (Å²) in [6.45, 7) is 1.82. The summed E-state index contributed by atoms with van der Waals surface area (Å²) in [5.74, 6) is 0.146. The molecule has 0 spiro atoms. The molecule has 2 heterocycles. The summed E-state index contributed by atoms with van der Waals surface area (Å²) < 4.78 is 0. The van der Waals surface area contributed by atoms with E-state index < -0.39 is 0 Å². The second kappa shape index (κ2) is 11.2. The van der Waals surface area contributed by atoms with E-state index in [-0.39, 0.29) is 17.6 Å². The molecule has 0 bridgehead atoms. The van der Waals surface area contributed by atoms with Gasteiger partial charge in [0.15, 0.2) is 5.84 Å². The Bertz CT molecular complexity index is 1610. The number of anilines is 2. The van der Waals surface area contributed by atoms with E-state index in [0.29, 0.717) is 32.8 Å². The Balaban J connectivity index is 1.52. The van der Waals surface area contributed by atoms with Crippen LogP contribution < -0.4 is 9.80 Å². The monoisotopic (exact) mass is 554 g/mol. The van der Waals surface area contributed by atoms with Gasteiger partial charge in [0.2, 0.25) is 0 Å². The van der Waals surface area contributed by atoms with Gasteiger partial charge in [-0.1, -0.05) is 53.5 Å². The molecule has 9 heteroatoms. The molecule has 0 aliphatic carbocycles. The SMILES string of the molecule is Cc1nnc(N2C(=O)/C(=C\c3ccc(Cl)cc3)N=C2c2ccc(Cl)cc2)nc1C=Cc1ccc(N(C)C)cc1. The highest BCUT2D eigenvalue weighted by atomic mass is 35.5. The molecule has 194 valence electrons. The third kappa shape index (κ3) is 5.90. The lowest BCUT2D eigenvalue weighted by Gasteiger charge is -2.16. The maximum Gasteiger partial charge on any atom is 0.285 e. The van der Waals surface area contributed by atoms with Gasteiger partial charge >= 0.3 is 0 Å². The first-order valence-corrected chi connectivity index (χ1v) is 12.9. The maximum absolute atomic E-state index is 13.7. The van der Waals surface area contributed by atoms with Crippen molar-refractivity contribution in [1.82, 2.24) is 15.2 Å². The van der Waals surface area contributed by atoms with Crippen LogP contribution in [0.2, 0.25) is 10.0 Å². The highest BCUT2D eigenvalue weighted by Crippen LogP contribution is 2.27. The van der Waals surface area contributed by atoms with Crippen molar-refractivity contribution in [2.75, 3.05) is 23.9 Å². The number of carbonyl (C=O) groups is 1. The molecular weight excluding hydrogens is 531 g/mol. The molecule has 1 aromatic heterocycles. The minimum absolute atomic E-state index is 0.126. The third-order valence-electron chi connectivity index (χ3n) is 6.06. The predicted molar refractivity (Wildman–Crippen MR) is 159 cm³/mol. The molecule has 7 nitrogen and oxygen atoms in total. The second-order valence-corrected chi connectivity index (χ2v) is 9.94. The van der Waals surface area contributed by atoms with Crippen molar-refractivity contribution in [3.8, 4) is 0 Å². The van der Waals surface area contributed by atoms with Gasteiger partial charge in [0.05, 0.1) is 11.4 Å². The van der Waals surface area contributed by atoms with Gasteiger partial charge in [-0.25, -0.2) is 14.9 Å². The van der Waals surface area contributed by atoms with Crippen LogP contribution in [0.1, 0.15) is 28.1 Å². The number of benzene rings is 3. The summed E-state index contributed by atoms with van der Waals surface area (Å²) in [5, 5.41) is 9.73. The number of hydrogen-bond donors (Lipinski definition) is 0. The zero-order valence-electron chi connectivity index (χ0n) is 21.5. The van der Waals surface area contributed by atoms with Crippen LogP contribution in [0.15, 0.2) is 83.5 Å². The number of rotatable bonds is 6. The Labute approximate surface area is 236 Å². The van der Waals surface area contributed by atoms with Crippen LogP contribution in [-0.4, -0.2) is 41.0 Å². The molecule has 0 radical (unpaired) electrons. The number of halogens is 2. The Morgan fingerprint density at radius 3 is 2.05 bits per heavy atom. The van der Waals surface area contributed by atoms with E-state index in [2.05, 4.69) is 15.2 Å². The molecule has 0 unspecified atom stereocenters. The van der Waals surface area contributed by atoms with Crippen molar-refractivity contribution in [1.29, 1.82) is 0 Å². The van der Waals surface area contributed by atoms with Crippen molar-refractivity contribution in [3.63, 3.8) is 0 Å². The summed E-state index contributed by atoms with van der Waals surface area (Å²) in [6, 6.07) is 22.4. The Hall–Kier alpha value is -4.33. The van der Waals surface area contributed by atoms with Crippen molar-refractivity contribution in [2.45, 2.75) is 6.92 Å². The highest BCUT2D eigenvalue weighted by molar-refractivity contribution is 6.33. The molecule has 1 aliphatic rings. The maximum atomic E-state index is 13.7. The second-order valence-electron chi connectivity index (χ2n) is 9.07. The number of aliphatic imine (C=N–C) groups is 1. The summed E-state index contributed by atoms with van der Waals surface area (Å²) in [4.78, 5) is 26.4. The average Bonchev–Trinajstić information content (AvgIpc) is 3.25. The van der Waals surface area contributed by atoms with Crippen LogP contribution in [0.5, 0.6) is 0 Å². The van der Waals surface area contributed by atoms with Gasteiger partial charge in [-0.15, -0.1) is 10.2 Å². The van der Waals surface area contributed by atoms with E-state index in [9.17, 15) is 4.79 Å². The smallest absolute Gasteiger partial charge is 0.285 e. The molecule has 3 aromatic carbocycles. The average molecular weight is 555 g/mol. The van der Waals surface area contributed by atoms with Crippen LogP contribution in [0, 0.1) is 6.92 Å². The minimum Gasteiger partial charge on any atom is -0.378 e. The largest absolute Gasteiger partial charge is 0.378 e. The predicted octanol–water partition coefficient (Wildman–Crippen LogP) is 6.56. The summed E-state index contributed by atoms with van der Waals surface area (Å²) >= 11 is 12.1. The molecule has 0 saturated carbocycles. The molecular formula is C30H24Cl2N6O. The van der Waals surface area contributed by atoms with Crippen LogP contribution >= 0.6 is 23.2 Å². The molecule has 0 atom stereocenters. The molecule has 1 aliphatic heterocycles. The van der Waals surface area contributed by atoms with Crippen LogP contribution in [0.3, 0.4) is 0 Å². The van der Waals surface area contributed by atoms with Crippen molar-refractivity contribution in [2.24, 2.45) is 4.99 Å². The van der Waals surface area contributed by atoms with Crippen LogP contribution in [0.25, 0.3) is 18.2 Å². The van der Waals surface area contributed by atoms with Crippen molar-refractivity contribution >= 4 is 64.8 Å². The molecule has 0 saturated heterocycles. The first-order valence-electron chi connectivity index (χ1n) is 12.1. The Kier molecular flexibility index (Phi) is 7.54. The zero-order valence-corrected chi connectivity index (χ0v) is 23.0. The van der Waals surface area contributed by atoms with Crippen molar-refractivity contribution < 1.29 is 4.79 Å². The Morgan fingerprint density at radius 1 is 0.795 bits per heavy atom. The lowest BCUT2D eigenvalue weighted by molar-refractivity contribution is -0.113. The number of amides is 1. The molecule has 0 fully saturated rings. The standard InChI is InChI=1S/C30H24Cl2N6O/c1-19-26(17-8-20-6-15-25(16-7-20)37(2)3)34-30(36-35-19)38-28(22-9-13-24(32)14-10-22)33-27(29(38)39)18-21-4-11-23(31)12-5-21/h4-18H,1-3H3/b17-8?,27-18+. The summed E-state index contributed by atoms with van der Waals surface area (Å²) in [5.41, 5.74) is 5.06. The number of aryl methyl sites for hydroxylation is 1. The van der Waals surface area contributed by atoms with Crippen molar-refractivity contribution in [3.05, 3.63) is 117 Å². The van der Waals surface area contributed by atoms with Gasteiger partial charge in [0, 0.05) is 35.4 Å². The van der Waals surface area contributed by atoms with Gasteiger partial charge < -0.3 is 4.90 Å². The van der Waals surface area contributed by atoms with Gasteiger partial charge in [-0.2, -0.15) is 0 Å². The molecule has 4 aromatic rings. The van der Waals surface area contributed by atoms with E-state index in [0.717, 1.165) is 16.8 Å². The molecule has 0 N–H and O–H groups in total. The number of nitrogens with zero attached hydrogens (tertiary/aromatic N) is 6. The summed E-state index contributed by atoms with van der Waals surface area (Å²) in [7, 11) is 4.00. The third-order valence-corrected chi connectivity index (χ3v) is 6.56. The fraction of sp³-hybridized carbons (Fsp3) is 0.100.